The molecule has 0 saturated heterocycles. The van der Waals surface area contributed by atoms with Crippen LogP contribution in [-0.4, -0.2) is 21.6 Å². The van der Waals surface area contributed by atoms with E-state index in [1.807, 2.05) is 18.2 Å². The number of nitrogens with one attached hydrogen (secondary N) is 2. The first kappa shape index (κ1) is 18.2. The molecule has 0 aliphatic rings. The van der Waals surface area contributed by atoms with Crippen molar-refractivity contribution in [3.05, 3.63) is 96.3 Å². The van der Waals surface area contributed by atoms with Crippen LogP contribution in [0.1, 0.15) is 20.9 Å². The van der Waals surface area contributed by atoms with Crippen LogP contribution >= 0.6 is 0 Å². The third-order valence-corrected chi connectivity index (χ3v) is 4.09. The summed E-state index contributed by atoms with van der Waals surface area (Å²) in [7, 11) is 0. The SMILES string of the molecule is O=C(Nc1c(C(=O)Nc2ccc(F)cc2)cnn1-c1ccccc1)c1ccco1. The normalized spacial score (nSPS) is 10.5. The van der Waals surface area contributed by atoms with Gasteiger partial charge >= 0.3 is 0 Å². The van der Waals surface area contributed by atoms with Gasteiger partial charge in [-0.15, -0.1) is 0 Å². The molecular formula is C21H15FN4O3. The first-order valence-electron chi connectivity index (χ1n) is 8.67. The standard InChI is InChI=1S/C21H15FN4O3/c22-14-8-10-15(11-9-14)24-20(27)17-13-23-26(16-5-2-1-3-6-16)19(17)25-21(28)18-7-4-12-29-18/h1-13H,(H,24,27)(H,25,28). The van der Waals surface area contributed by atoms with Gasteiger partial charge in [0.05, 0.1) is 18.1 Å². The summed E-state index contributed by atoms with van der Waals surface area (Å²) >= 11 is 0. The van der Waals surface area contributed by atoms with Crippen LogP contribution in [0.3, 0.4) is 0 Å². The van der Waals surface area contributed by atoms with Crippen LogP contribution in [0.4, 0.5) is 15.9 Å². The quantitative estimate of drug-likeness (QED) is 0.537. The van der Waals surface area contributed by atoms with Gasteiger partial charge in [-0.2, -0.15) is 5.10 Å². The van der Waals surface area contributed by atoms with Crippen LogP contribution in [-0.2, 0) is 0 Å². The summed E-state index contributed by atoms with van der Waals surface area (Å²) in [6.07, 6.45) is 2.73. The van der Waals surface area contributed by atoms with Crippen molar-refractivity contribution in [2.24, 2.45) is 0 Å². The van der Waals surface area contributed by atoms with Gasteiger partial charge in [0, 0.05) is 5.69 Å². The maximum Gasteiger partial charge on any atom is 0.292 e. The van der Waals surface area contributed by atoms with Crippen molar-refractivity contribution < 1.29 is 18.4 Å². The highest BCUT2D eigenvalue weighted by Gasteiger charge is 2.22. The molecule has 0 fully saturated rings. The van der Waals surface area contributed by atoms with Crippen LogP contribution in [0.15, 0.2) is 83.6 Å². The fraction of sp³-hybridized carbons (Fsp3) is 0. The van der Waals surface area contributed by atoms with Crippen LogP contribution in [0.2, 0.25) is 0 Å². The van der Waals surface area contributed by atoms with Gasteiger partial charge in [0.1, 0.15) is 17.2 Å². The highest BCUT2D eigenvalue weighted by molar-refractivity contribution is 6.11. The Labute approximate surface area is 164 Å². The number of anilines is 2. The number of hydrogen-bond acceptors (Lipinski definition) is 4. The zero-order valence-corrected chi connectivity index (χ0v) is 15.0. The van der Waals surface area contributed by atoms with Gasteiger partial charge in [0.25, 0.3) is 11.8 Å². The van der Waals surface area contributed by atoms with E-state index in [0.717, 1.165) is 0 Å². The van der Waals surface area contributed by atoms with Gasteiger partial charge in [0.15, 0.2) is 5.76 Å². The second kappa shape index (κ2) is 7.81. The number of benzene rings is 2. The molecule has 8 heteroatoms. The minimum atomic E-state index is -0.525. The van der Waals surface area contributed by atoms with E-state index in [9.17, 15) is 14.0 Å². The van der Waals surface area contributed by atoms with Crippen LogP contribution < -0.4 is 10.6 Å². The van der Waals surface area contributed by atoms with Crippen molar-refractivity contribution >= 4 is 23.3 Å². The van der Waals surface area contributed by atoms with Crippen molar-refractivity contribution in [3.63, 3.8) is 0 Å². The van der Waals surface area contributed by atoms with Gasteiger partial charge in [-0.05, 0) is 48.5 Å². The van der Waals surface area contributed by atoms with Crippen molar-refractivity contribution in [1.82, 2.24) is 9.78 Å². The monoisotopic (exact) mass is 390 g/mol. The van der Waals surface area contributed by atoms with Gasteiger partial charge < -0.3 is 15.1 Å². The van der Waals surface area contributed by atoms with E-state index < -0.39 is 17.6 Å². The molecule has 0 aliphatic heterocycles. The first-order valence-corrected chi connectivity index (χ1v) is 8.67. The van der Waals surface area contributed by atoms with Gasteiger partial charge in [-0.25, -0.2) is 9.07 Å². The summed E-state index contributed by atoms with van der Waals surface area (Å²) in [6, 6.07) is 17.5. The Bertz CT molecular complexity index is 1140. The maximum absolute atomic E-state index is 13.1. The lowest BCUT2D eigenvalue weighted by Crippen LogP contribution is -2.19. The number of rotatable bonds is 5. The highest BCUT2D eigenvalue weighted by atomic mass is 19.1. The lowest BCUT2D eigenvalue weighted by molar-refractivity contribution is 0.0996. The number of nitrogens with zero attached hydrogens (tertiary/aromatic N) is 2. The maximum atomic E-state index is 13.1. The van der Waals surface area contributed by atoms with E-state index >= 15 is 0 Å². The third-order valence-electron chi connectivity index (χ3n) is 4.09. The second-order valence-corrected chi connectivity index (χ2v) is 6.05. The lowest BCUT2D eigenvalue weighted by atomic mass is 10.2. The topological polar surface area (TPSA) is 89.2 Å². The van der Waals surface area contributed by atoms with E-state index in [1.165, 1.54) is 47.5 Å². The van der Waals surface area contributed by atoms with E-state index in [-0.39, 0.29) is 17.1 Å². The average Bonchev–Trinajstić information content (AvgIpc) is 3.41. The number of para-hydroxylation sites is 1. The fourth-order valence-electron chi connectivity index (χ4n) is 2.71. The minimum Gasteiger partial charge on any atom is -0.459 e. The fourth-order valence-corrected chi connectivity index (χ4v) is 2.71. The molecule has 7 nitrogen and oxygen atoms in total. The number of amides is 2. The molecule has 0 atom stereocenters. The van der Waals surface area contributed by atoms with Crippen molar-refractivity contribution in [3.8, 4) is 5.69 Å². The number of carbonyl (C=O) groups is 2. The third kappa shape index (κ3) is 3.91. The Kier molecular flexibility index (Phi) is 4.90. The van der Waals surface area contributed by atoms with Crippen molar-refractivity contribution in [1.29, 1.82) is 0 Å². The van der Waals surface area contributed by atoms with E-state index in [2.05, 4.69) is 15.7 Å². The number of carbonyl (C=O) groups excluding carboxylic acids is 2. The molecule has 0 saturated carbocycles. The van der Waals surface area contributed by atoms with Gasteiger partial charge in [-0.1, -0.05) is 18.2 Å². The number of halogens is 1. The molecule has 4 rings (SSSR count). The second-order valence-electron chi connectivity index (χ2n) is 6.05. The van der Waals surface area contributed by atoms with Gasteiger partial charge in [0.2, 0.25) is 0 Å². The molecule has 0 aliphatic carbocycles. The molecule has 29 heavy (non-hydrogen) atoms. The predicted octanol–water partition coefficient (Wildman–Crippen LogP) is 4.11. The number of hydrogen-bond donors (Lipinski definition) is 2. The smallest absolute Gasteiger partial charge is 0.292 e. The highest BCUT2D eigenvalue weighted by Crippen LogP contribution is 2.22. The van der Waals surface area contributed by atoms with Crippen molar-refractivity contribution in [2.75, 3.05) is 10.6 Å². The molecule has 2 heterocycles. The average molecular weight is 390 g/mol. The Morgan fingerprint density at radius 3 is 2.34 bits per heavy atom. The predicted molar refractivity (Wildman–Crippen MR) is 105 cm³/mol. The summed E-state index contributed by atoms with van der Waals surface area (Å²) < 4.78 is 19.7. The van der Waals surface area contributed by atoms with Crippen LogP contribution in [0.25, 0.3) is 5.69 Å². The first-order chi connectivity index (χ1) is 14.1. The summed E-state index contributed by atoms with van der Waals surface area (Å²) in [4.78, 5) is 25.3. The Balaban J connectivity index is 1.69. The summed E-state index contributed by atoms with van der Waals surface area (Å²) in [5.74, 6) is -1.17. The molecule has 144 valence electrons. The summed E-state index contributed by atoms with van der Waals surface area (Å²) in [5.41, 5.74) is 1.20. The molecular weight excluding hydrogens is 375 g/mol. The molecule has 0 spiro atoms. The molecule has 2 aromatic carbocycles. The number of aromatic nitrogens is 2. The molecule has 0 bridgehead atoms. The zero-order valence-electron chi connectivity index (χ0n) is 15.0. The lowest BCUT2D eigenvalue weighted by Gasteiger charge is -2.11. The summed E-state index contributed by atoms with van der Waals surface area (Å²) in [6.45, 7) is 0. The van der Waals surface area contributed by atoms with E-state index in [0.29, 0.717) is 11.4 Å². The Morgan fingerprint density at radius 2 is 1.66 bits per heavy atom. The molecule has 0 unspecified atom stereocenters. The number of furan rings is 1. The molecule has 4 aromatic rings. The Hall–Kier alpha value is -4.20. The molecule has 0 radical (unpaired) electrons. The van der Waals surface area contributed by atoms with Crippen LogP contribution in [0.5, 0.6) is 0 Å². The molecule has 2 amide bonds. The minimum absolute atomic E-state index is 0.0932. The van der Waals surface area contributed by atoms with Crippen molar-refractivity contribution in [2.45, 2.75) is 0 Å². The Morgan fingerprint density at radius 1 is 0.897 bits per heavy atom. The summed E-state index contributed by atoms with van der Waals surface area (Å²) in [5, 5.41) is 9.60. The van der Waals surface area contributed by atoms with Crippen LogP contribution in [0, 0.1) is 5.82 Å². The molecule has 2 N–H and O–H groups in total. The van der Waals surface area contributed by atoms with E-state index in [1.54, 1.807) is 18.2 Å². The molecule has 2 aromatic heterocycles. The largest absolute Gasteiger partial charge is 0.459 e. The van der Waals surface area contributed by atoms with E-state index in [4.69, 9.17) is 4.42 Å². The zero-order chi connectivity index (χ0) is 20.2. The van der Waals surface area contributed by atoms with Gasteiger partial charge in [-0.3, -0.25) is 9.59 Å².